The third kappa shape index (κ3) is 5.39. The van der Waals surface area contributed by atoms with Crippen LogP contribution in [-0.4, -0.2) is 11.8 Å². The minimum Gasteiger partial charge on any atom is -0.456 e. The van der Waals surface area contributed by atoms with Gasteiger partial charge in [0, 0.05) is 71.9 Å². The van der Waals surface area contributed by atoms with Gasteiger partial charge in [-0.15, -0.1) is 0 Å². The number of aromatic nitrogens is 1. The average Bonchev–Trinajstić information content (AvgIpc) is 4.04. The number of rotatable bonds is 3. The predicted molar refractivity (Wildman–Crippen MR) is 288 cm³/mol. The normalized spacial score (nSPS) is 16.4. The molecule has 3 aliphatic rings. The van der Waals surface area contributed by atoms with E-state index in [0.29, 0.717) is 0 Å². The molecule has 4 nitrogen and oxygen atoms in total. The molecule has 68 heavy (non-hydrogen) atoms. The topological polar surface area (TPSA) is 43.2 Å². The summed E-state index contributed by atoms with van der Waals surface area (Å²) in [6, 6.07) is 50.2. The Kier molecular flexibility index (Phi) is 7.77. The second kappa shape index (κ2) is 13.2. The van der Waals surface area contributed by atoms with Crippen molar-refractivity contribution in [2.75, 3.05) is 5.32 Å². The zero-order chi connectivity index (χ0) is 46.4. The van der Waals surface area contributed by atoms with Gasteiger partial charge in [0.2, 0.25) is 0 Å². The zero-order valence-corrected chi connectivity index (χ0v) is 40.6. The van der Waals surface area contributed by atoms with Gasteiger partial charge in [-0.2, -0.15) is 0 Å². The maximum atomic E-state index is 6.60. The van der Waals surface area contributed by atoms with Gasteiger partial charge < -0.3 is 18.7 Å². The van der Waals surface area contributed by atoms with Gasteiger partial charge in [-0.05, 0) is 134 Å². The molecule has 5 heteroatoms. The maximum absolute atomic E-state index is 6.60. The van der Waals surface area contributed by atoms with Gasteiger partial charge in [-0.1, -0.05) is 141 Å². The Morgan fingerprint density at radius 1 is 0.529 bits per heavy atom. The van der Waals surface area contributed by atoms with Gasteiger partial charge in [0.05, 0.1) is 5.52 Å². The number of hydrogen-bond donors (Lipinski definition) is 1. The highest BCUT2D eigenvalue weighted by molar-refractivity contribution is 6.74. The minimum atomic E-state index is -0.205. The lowest BCUT2D eigenvalue weighted by atomic mass is 9.58. The van der Waals surface area contributed by atoms with E-state index in [2.05, 4.69) is 206 Å². The minimum absolute atomic E-state index is 0.0590. The van der Waals surface area contributed by atoms with Crippen molar-refractivity contribution < 1.29 is 8.83 Å². The van der Waals surface area contributed by atoms with Crippen LogP contribution in [0.5, 0.6) is 0 Å². The molecule has 0 atom stereocenters. The maximum Gasteiger partial charge on any atom is 0.198 e. The van der Waals surface area contributed by atoms with Crippen molar-refractivity contribution in [2.45, 2.75) is 96.8 Å². The molecular weight excluding hydrogens is 828 g/mol. The van der Waals surface area contributed by atoms with Crippen molar-refractivity contribution in [3.05, 3.63) is 161 Å². The van der Waals surface area contributed by atoms with Crippen molar-refractivity contribution in [1.29, 1.82) is 0 Å². The number of fused-ring (bicyclic) bond motifs is 16. The van der Waals surface area contributed by atoms with E-state index in [-0.39, 0.29) is 21.7 Å². The number of hydrogen-bond acceptors (Lipinski definition) is 3. The molecule has 2 aliphatic carbocycles. The molecule has 3 aromatic heterocycles. The smallest absolute Gasteiger partial charge is 0.198 e. The van der Waals surface area contributed by atoms with Gasteiger partial charge in [0.25, 0.3) is 0 Å². The zero-order valence-electron chi connectivity index (χ0n) is 40.6. The van der Waals surface area contributed by atoms with Crippen LogP contribution in [0.2, 0.25) is 0 Å². The second-order valence-electron chi connectivity index (χ2n) is 23.2. The van der Waals surface area contributed by atoms with Crippen LogP contribution in [0.15, 0.2) is 142 Å². The molecule has 0 radical (unpaired) electrons. The second-order valence-corrected chi connectivity index (χ2v) is 23.2. The van der Waals surface area contributed by atoms with Crippen LogP contribution in [0, 0.1) is 0 Å². The lowest BCUT2D eigenvalue weighted by Crippen LogP contribution is -2.37. The van der Waals surface area contributed by atoms with Crippen molar-refractivity contribution in [2.24, 2.45) is 0 Å². The fourth-order valence-corrected chi connectivity index (χ4v) is 12.9. The third-order valence-corrected chi connectivity index (χ3v) is 16.8. The Balaban J connectivity index is 1.06. The lowest BCUT2D eigenvalue weighted by Gasteiger charge is -2.42. The van der Waals surface area contributed by atoms with Crippen LogP contribution in [0.4, 0.5) is 11.4 Å². The van der Waals surface area contributed by atoms with Crippen molar-refractivity contribution in [3.8, 4) is 27.9 Å². The summed E-state index contributed by atoms with van der Waals surface area (Å²) < 4.78 is 15.7. The van der Waals surface area contributed by atoms with Gasteiger partial charge in [0.15, 0.2) is 7.28 Å². The van der Waals surface area contributed by atoms with Crippen LogP contribution in [0.1, 0.15) is 103 Å². The number of benzene rings is 8. The van der Waals surface area contributed by atoms with E-state index >= 15 is 0 Å². The summed E-state index contributed by atoms with van der Waals surface area (Å²) in [5.41, 5.74) is 24.5. The van der Waals surface area contributed by atoms with E-state index < -0.39 is 0 Å². The van der Waals surface area contributed by atoms with Crippen molar-refractivity contribution in [3.63, 3.8) is 0 Å². The highest BCUT2D eigenvalue weighted by atomic mass is 16.3. The molecule has 4 heterocycles. The summed E-state index contributed by atoms with van der Waals surface area (Å²) >= 11 is 0. The monoisotopic (exact) mass is 882 g/mol. The molecule has 0 saturated carbocycles. The first-order chi connectivity index (χ1) is 32.5. The van der Waals surface area contributed by atoms with Gasteiger partial charge >= 0.3 is 0 Å². The Labute approximate surface area is 398 Å². The number of para-hydroxylation sites is 2. The van der Waals surface area contributed by atoms with Crippen molar-refractivity contribution in [1.82, 2.24) is 4.57 Å². The largest absolute Gasteiger partial charge is 0.456 e. The van der Waals surface area contributed by atoms with Crippen LogP contribution >= 0.6 is 0 Å². The van der Waals surface area contributed by atoms with E-state index in [9.17, 15) is 0 Å². The van der Waals surface area contributed by atoms with Crippen molar-refractivity contribution >= 4 is 95.3 Å². The Morgan fingerprint density at radius 3 is 1.93 bits per heavy atom. The van der Waals surface area contributed by atoms with E-state index in [1.54, 1.807) is 0 Å². The molecule has 0 unspecified atom stereocenters. The van der Waals surface area contributed by atoms with Gasteiger partial charge in [-0.25, -0.2) is 0 Å². The molecule has 332 valence electrons. The molecule has 0 fully saturated rings. The third-order valence-electron chi connectivity index (χ3n) is 16.8. The number of nitrogens with zero attached hydrogens (tertiary/aromatic N) is 1. The lowest BCUT2D eigenvalue weighted by molar-refractivity contribution is 0.331. The van der Waals surface area contributed by atoms with Crippen LogP contribution in [-0.2, 0) is 21.7 Å². The standard InChI is InChI=1S/C63H55BN2O2/c1-60(2,3)34-18-20-35(21-19-34)65-49-31-41-40-28-46-47(62(6,7)27-26-61(46,4)5)32-45(40)63(8,9)44(41)29-42(49)37-22-23-39-56-50(24-25-54-57(56)38-15-11-13-17-53(38)67-54)66-51-33-55-43(30-48(51)64-58(37)59(39)66)36-14-10-12-16-52(36)68-55/h10-25,28-33,64-65H,26-27H2,1-9H3. The molecule has 8 aromatic carbocycles. The summed E-state index contributed by atoms with van der Waals surface area (Å²) in [6.45, 7) is 21.6. The summed E-state index contributed by atoms with van der Waals surface area (Å²) in [5.74, 6) is 0. The molecule has 0 bridgehead atoms. The van der Waals surface area contributed by atoms with Crippen LogP contribution in [0.3, 0.4) is 0 Å². The molecule has 0 amide bonds. The SMILES string of the molecule is CC(C)(C)c1ccc(Nc2cc3c(cc2-c2ccc4c5c6c(ccc5n5c4c2Bc2cc4c(cc2-5)oc2ccccc24)oc2ccccc26)C(C)(C)c2cc4c(cc2-3)C(C)(C)CCC4(C)C)cc1. The average molecular weight is 883 g/mol. The summed E-state index contributed by atoms with van der Waals surface area (Å²) in [6.07, 6.45) is 2.38. The van der Waals surface area contributed by atoms with E-state index in [1.807, 2.05) is 0 Å². The van der Waals surface area contributed by atoms with Gasteiger partial charge in [-0.3, -0.25) is 0 Å². The van der Waals surface area contributed by atoms with Crippen LogP contribution < -0.4 is 16.2 Å². The van der Waals surface area contributed by atoms with E-state index in [1.165, 1.54) is 107 Å². The fraction of sp³-hybridized carbons (Fsp3) is 0.238. The van der Waals surface area contributed by atoms with E-state index in [4.69, 9.17) is 8.83 Å². The summed E-state index contributed by atoms with van der Waals surface area (Å²) in [7, 11) is 0.778. The summed E-state index contributed by atoms with van der Waals surface area (Å²) in [5, 5.41) is 11.1. The molecule has 1 N–H and O–H groups in total. The first-order valence-electron chi connectivity index (χ1n) is 24.7. The van der Waals surface area contributed by atoms with Crippen LogP contribution in [0.25, 0.3) is 93.6 Å². The fourth-order valence-electron chi connectivity index (χ4n) is 12.9. The quantitative estimate of drug-likeness (QED) is 0.180. The first kappa shape index (κ1) is 40.1. The predicted octanol–water partition coefficient (Wildman–Crippen LogP) is 15.6. The Morgan fingerprint density at radius 2 is 1.18 bits per heavy atom. The number of furan rings is 2. The molecule has 14 rings (SSSR count). The van der Waals surface area contributed by atoms with E-state index in [0.717, 1.165) is 57.1 Å². The summed E-state index contributed by atoms with van der Waals surface area (Å²) in [4.78, 5) is 0. The molecule has 1 aliphatic heterocycles. The molecular formula is C63H55BN2O2. The number of nitrogens with one attached hydrogen (secondary N) is 1. The highest BCUT2D eigenvalue weighted by Crippen LogP contribution is 2.56. The molecule has 0 saturated heterocycles. The van der Waals surface area contributed by atoms with Gasteiger partial charge in [0.1, 0.15) is 22.3 Å². The molecule has 11 aromatic rings. The number of anilines is 2. The highest BCUT2D eigenvalue weighted by Gasteiger charge is 2.43. The molecule has 0 spiro atoms. The first-order valence-corrected chi connectivity index (χ1v) is 24.7. The Hall–Kier alpha value is -6.98. The Bertz CT molecular complexity index is 4030.